The van der Waals surface area contributed by atoms with Gasteiger partial charge in [0.1, 0.15) is 0 Å². The van der Waals surface area contributed by atoms with Crippen LogP contribution in [0.5, 0.6) is 0 Å². The summed E-state index contributed by atoms with van der Waals surface area (Å²) in [4.78, 5) is 11.2. The van der Waals surface area contributed by atoms with Crippen molar-refractivity contribution in [3.8, 4) is 12.3 Å². The fourth-order valence-electron chi connectivity index (χ4n) is 0.866. The Bertz CT molecular complexity index is 216. The Morgan fingerprint density at radius 2 is 2.33 bits per heavy atom. The van der Waals surface area contributed by atoms with Gasteiger partial charge in [0.25, 0.3) is 0 Å². The molecule has 0 saturated carbocycles. The summed E-state index contributed by atoms with van der Waals surface area (Å²) in [5.41, 5.74) is 5.50. The normalized spacial score (nSPS) is 11.8. The predicted molar refractivity (Wildman–Crippen MR) is 63.5 cm³/mol. The van der Waals surface area contributed by atoms with E-state index >= 15 is 0 Å². The van der Waals surface area contributed by atoms with Crippen LogP contribution < -0.4 is 11.1 Å². The van der Waals surface area contributed by atoms with Crippen molar-refractivity contribution >= 4 is 17.7 Å². The number of thioether (sulfide) groups is 1. The van der Waals surface area contributed by atoms with E-state index in [1.54, 1.807) is 11.8 Å². The lowest BCUT2D eigenvalue weighted by Gasteiger charge is -2.09. The van der Waals surface area contributed by atoms with Gasteiger partial charge in [-0.1, -0.05) is 0 Å². The summed E-state index contributed by atoms with van der Waals surface area (Å²) in [6.45, 7) is 0.805. The molecule has 0 aromatic rings. The topological polar surface area (TPSA) is 75.4 Å². The Kier molecular flexibility index (Phi) is 9.38. The Morgan fingerprint density at radius 1 is 1.60 bits per heavy atom. The van der Waals surface area contributed by atoms with Gasteiger partial charge in [-0.3, -0.25) is 4.79 Å². The predicted octanol–water partition coefficient (Wildman–Crippen LogP) is -0.431. The molecule has 0 aliphatic carbocycles. The molecule has 0 spiro atoms. The summed E-state index contributed by atoms with van der Waals surface area (Å²) < 4.78 is 0. The van der Waals surface area contributed by atoms with Gasteiger partial charge in [-0.2, -0.15) is 11.8 Å². The van der Waals surface area contributed by atoms with E-state index in [0.29, 0.717) is 6.54 Å². The van der Waals surface area contributed by atoms with Crippen LogP contribution in [-0.4, -0.2) is 41.7 Å². The molecule has 0 aromatic heterocycles. The van der Waals surface area contributed by atoms with Gasteiger partial charge in [0.15, 0.2) is 0 Å². The molecule has 4 N–H and O–H groups in total. The largest absolute Gasteiger partial charge is 0.396 e. The molecule has 86 valence electrons. The SMILES string of the molecule is C#CCC(N)C(=O)NCCSCCCO. The van der Waals surface area contributed by atoms with Gasteiger partial charge >= 0.3 is 0 Å². The van der Waals surface area contributed by atoms with Gasteiger partial charge in [0, 0.05) is 25.3 Å². The van der Waals surface area contributed by atoms with Gasteiger partial charge in [-0.25, -0.2) is 0 Å². The highest BCUT2D eigenvalue weighted by molar-refractivity contribution is 7.99. The van der Waals surface area contributed by atoms with Crippen LogP contribution in [0.1, 0.15) is 12.8 Å². The number of amides is 1. The van der Waals surface area contributed by atoms with Crippen LogP contribution >= 0.6 is 11.8 Å². The summed E-state index contributed by atoms with van der Waals surface area (Å²) in [6, 6.07) is -0.600. The molecule has 1 unspecified atom stereocenters. The molecule has 0 heterocycles. The lowest BCUT2D eigenvalue weighted by atomic mass is 10.2. The van der Waals surface area contributed by atoms with Crippen molar-refractivity contribution in [2.24, 2.45) is 5.73 Å². The lowest BCUT2D eigenvalue weighted by Crippen LogP contribution is -2.41. The number of terminal acetylenes is 1. The van der Waals surface area contributed by atoms with Gasteiger partial charge < -0.3 is 16.2 Å². The lowest BCUT2D eigenvalue weighted by molar-refractivity contribution is -0.122. The fourth-order valence-corrected chi connectivity index (χ4v) is 1.65. The Hall–Kier alpha value is -0.700. The van der Waals surface area contributed by atoms with Crippen molar-refractivity contribution in [3.63, 3.8) is 0 Å². The number of hydrogen-bond donors (Lipinski definition) is 3. The molecular formula is C10H18N2O2S. The number of rotatable bonds is 8. The van der Waals surface area contributed by atoms with Crippen LogP contribution in [0.4, 0.5) is 0 Å². The highest BCUT2D eigenvalue weighted by Crippen LogP contribution is 2.00. The maximum absolute atomic E-state index is 11.2. The second kappa shape index (κ2) is 9.84. The molecule has 0 rings (SSSR count). The number of hydrogen-bond acceptors (Lipinski definition) is 4. The highest BCUT2D eigenvalue weighted by atomic mass is 32.2. The molecule has 15 heavy (non-hydrogen) atoms. The van der Waals surface area contributed by atoms with Crippen molar-refractivity contribution in [2.75, 3.05) is 24.7 Å². The van der Waals surface area contributed by atoms with E-state index in [9.17, 15) is 4.79 Å². The van der Waals surface area contributed by atoms with E-state index in [1.165, 1.54) is 0 Å². The van der Waals surface area contributed by atoms with Gasteiger partial charge in [-0.15, -0.1) is 12.3 Å². The average Bonchev–Trinajstić information content (AvgIpc) is 2.23. The van der Waals surface area contributed by atoms with E-state index in [2.05, 4.69) is 11.2 Å². The van der Waals surface area contributed by atoms with Crippen molar-refractivity contribution in [1.29, 1.82) is 0 Å². The summed E-state index contributed by atoms with van der Waals surface area (Å²) in [5, 5.41) is 11.2. The molecule has 0 fully saturated rings. The van der Waals surface area contributed by atoms with Crippen LogP contribution in [-0.2, 0) is 4.79 Å². The number of aliphatic hydroxyl groups excluding tert-OH is 1. The maximum atomic E-state index is 11.2. The molecule has 0 aromatic carbocycles. The minimum Gasteiger partial charge on any atom is -0.396 e. The maximum Gasteiger partial charge on any atom is 0.237 e. The zero-order valence-corrected chi connectivity index (χ0v) is 9.55. The minimum atomic E-state index is -0.600. The highest BCUT2D eigenvalue weighted by Gasteiger charge is 2.10. The van der Waals surface area contributed by atoms with Crippen LogP contribution in [0.3, 0.4) is 0 Å². The first-order valence-corrected chi connectivity index (χ1v) is 6.03. The van der Waals surface area contributed by atoms with Crippen LogP contribution in [0.15, 0.2) is 0 Å². The minimum absolute atomic E-state index is 0.198. The molecular weight excluding hydrogens is 212 g/mol. The van der Waals surface area contributed by atoms with Crippen molar-refractivity contribution in [1.82, 2.24) is 5.32 Å². The van der Waals surface area contributed by atoms with Gasteiger partial charge in [0.05, 0.1) is 6.04 Å². The summed E-state index contributed by atoms with van der Waals surface area (Å²) >= 11 is 1.69. The van der Waals surface area contributed by atoms with Crippen molar-refractivity contribution < 1.29 is 9.90 Å². The Labute approximate surface area is 95.0 Å². The van der Waals surface area contributed by atoms with E-state index in [4.69, 9.17) is 17.3 Å². The van der Waals surface area contributed by atoms with E-state index in [1.807, 2.05) is 0 Å². The van der Waals surface area contributed by atoms with Gasteiger partial charge in [-0.05, 0) is 12.2 Å². The van der Waals surface area contributed by atoms with Crippen LogP contribution in [0, 0.1) is 12.3 Å². The molecule has 1 amide bonds. The van der Waals surface area contributed by atoms with Crippen molar-refractivity contribution in [3.05, 3.63) is 0 Å². The zero-order chi connectivity index (χ0) is 11.5. The third-order valence-corrected chi connectivity index (χ3v) is 2.74. The number of carbonyl (C=O) groups is 1. The Morgan fingerprint density at radius 3 is 2.93 bits per heavy atom. The molecule has 5 heteroatoms. The van der Waals surface area contributed by atoms with Crippen molar-refractivity contribution in [2.45, 2.75) is 18.9 Å². The molecule has 0 aliphatic rings. The molecule has 0 saturated heterocycles. The number of carbonyl (C=O) groups excluding carboxylic acids is 1. The molecule has 1 atom stereocenters. The molecule has 4 nitrogen and oxygen atoms in total. The van der Waals surface area contributed by atoms with Crippen LogP contribution in [0.25, 0.3) is 0 Å². The van der Waals surface area contributed by atoms with E-state index in [0.717, 1.165) is 17.9 Å². The van der Waals surface area contributed by atoms with Gasteiger partial charge in [0.2, 0.25) is 5.91 Å². The van der Waals surface area contributed by atoms with Crippen LogP contribution in [0.2, 0.25) is 0 Å². The summed E-state index contributed by atoms with van der Waals surface area (Å²) in [6.07, 6.45) is 6.09. The standard InChI is InChI=1S/C10H18N2O2S/c1-2-4-9(11)10(14)12-5-8-15-7-3-6-13/h1,9,13H,3-8,11H2,(H,12,14). The fraction of sp³-hybridized carbons (Fsp3) is 0.700. The summed E-state index contributed by atoms with van der Waals surface area (Å²) in [7, 11) is 0. The first-order chi connectivity index (χ1) is 7.22. The first kappa shape index (κ1) is 14.3. The average molecular weight is 230 g/mol. The zero-order valence-electron chi connectivity index (χ0n) is 8.74. The molecule has 0 radical (unpaired) electrons. The van der Waals surface area contributed by atoms with E-state index < -0.39 is 6.04 Å². The third kappa shape index (κ3) is 8.30. The monoisotopic (exact) mass is 230 g/mol. The number of nitrogens with one attached hydrogen (secondary N) is 1. The van der Waals surface area contributed by atoms with E-state index in [-0.39, 0.29) is 18.9 Å². The smallest absolute Gasteiger partial charge is 0.237 e. The second-order valence-electron chi connectivity index (χ2n) is 3.00. The summed E-state index contributed by atoms with van der Waals surface area (Å²) in [5.74, 6) is 3.88. The first-order valence-electron chi connectivity index (χ1n) is 4.87. The molecule has 0 bridgehead atoms. The quantitative estimate of drug-likeness (QED) is 0.391. The second-order valence-corrected chi connectivity index (χ2v) is 4.22. The third-order valence-electron chi connectivity index (χ3n) is 1.67. The number of nitrogens with two attached hydrogens (primary N) is 1. The number of aliphatic hydroxyl groups is 1. The molecule has 0 aliphatic heterocycles. The Balaban J connectivity index is 3.35.